The van der Waals surface area contributed by atoms with E-state index < -0.39 is 17.1 Å². The first-order valence-electron chi connectivity index (χ1n) is 10.3. The molecule has 5 aliphatic rings. The maximum atomic E-state index is 13.1. The Bertz CT molecular complexity index is 895. The van der Waals surface area contributed by atoms with E-state index in [4.69, 9.17) is 9.47 Å². The first-order valence-corrected chi connectivity index (χ1v) is 10.3. The number of anilines is 1. The van der Waals surface area contributed by atoms with Crippen LogP contribution in [0.25, 0.3) is 0 Å². The minimum Gasteiger partial charge on any atom is -0.482 e. The average molecular weight is 399 g/mol. The van der Waals surface area contributed by atoms with Gasteiger partial charge in [-0.1, -0.05) is 0 Å². The van der Waals surface area contributed by atoms with E-state index in [2.05, 4.69) is 5.32 Å². The van der Waals surface area contributed by atoms with Crippen molar-refractivity contribution >= 4 is 23.3 Å². The lowest BCUT2D eigenvalue weighted by Crippen LogP contribution is -2.58. The number of nitrogens with one attached hydrogen (secondary N) is 1. The van der Waals surface area contributed by atoms with E-state index >= 15 is 0 Å². The van der Waals surface area contributed by atoms with Crippen molar-refractivity contribution in [2.45, 2.75) is 57.2 Å². The van der Waals surface area contributed by atoms with Crippen molar-refractivity contribution in [3.8, 4) is 5.75 Å². The van der Waals surface area contributed by atoms with Crippen LogP contribution in [0.15, 0.2) is 18.2 Å². The molecule has 1 amide bonds. The van der Waals surface area contributed by atoms with Crippen molar-refractivity contribution in [2.75, 3.05) is 11.9 Å². The van der Waals surface area contributed by atoms with Crippen LogP contribution in [0.3, 0.4) is 0 Å². The number of benzene rings is 1. The summed E-state index contributed by atoms with van der Waals surface area (Å²) >= 11 is 0. The molecule has 29 heavy (non-hydrogen) atoms. The largest absolute Gasteiger partial charge is 0.482 e. The van der Waals surface area contributed by atoms with Gasteiger partial charge in [-0.3, -0.25) is 14.4 Å². The third-order valence-corrected chi connectivity index (χ3v) is 7.01. The molecular weight excluding hydrogens is 374 g/mol. The van der Waals surface area contributed by atoms with Crippen LogP contribution in [0.4, 0.5) is 5.69 Å². The Balaban J connectivity index is 1.31. The summed E-state index contributed by atoms with van der Waals surface area (Å²) < 4.78 is 11.0. The molecule has 154 valence electrons. The van der Waals surface area contributed by atoms with Gasteiger partial charge >= 0.3 is 5.97 Å². The van der Waals surface area contributed by atoms with Gasteiger partial charge in [-0.2, -0.15) is 0 Å². The lowest BCUT2D eigenvalue weighted by Gasteiger charge is -2.58. The van der Waals surface area contributed by atoms with E-state index in [1.165, 1.54) is 0 Å². The molecule has 7 nitrogen and oxygen atoms in total. The van der Waals surface area contributed by atoms with Gasteiger partial charge in [0, 0.05) is 5.56 Å². The lowest BCUT2D eigenvalue weighted by atomic mass is 9.48. The van der Waals surface area contributed by atoms with Gasteiger partial charge in [0.25, 0.3) is 5.91 Å². The van der Waals surface area contributed by atoms with Crippen LogP contribution in [0.1, 0.15) is 55.8 Å². The fraction of sp³-hybridized carbons (Fsp3) is 0.591. The molecule has 1 aliphatic heterocycles. The van der Waals surface area contributed by atoms with Crippen molar-refractivity contribution in [1.29, 1.82) is 0 Å². The predicted octanol–water partition coefficient (Wildman–Crippen LogP) is 2.46. The van der Waals surface area contributed by atoms with Crippen molar-refractivity contribution in [1.82, 2.24) is 0 Å². The Hall–Kier alpha value is -2.41. The molecule has 2 N–H and O–H groups in total. The number of rotatable bonds is 4. The van der Waals surface area contributed by atoms with Gasteiger partial charge < -0.3 is 19.9 Å². The minimum atomic E-state index is -0.941. The Morgan fingerprint density at radius 2 is 1.97 bits per heavy atom. The highest BCUT2D eigenvalue weighted by Gasteiger charge is 2.61. The summed E-state index contributed by atoms with van der Waals surface area (Å²) in [5.41, 5.74) is -0.633. The fourth-order valence-corrected chi connectivity index (χ4v) is 6.26. The van der Waals surface area contributed by atoms with E-state index in [1.54, 1.807) is 25.1 Å². The second-order valence-electron chi connectivity index (χ2n) is 9.43. The summed E-state index contributed by atoms with van der Waals surface area (Å²) in [6.07, 6.45) is 3.61. The highest BCUT2D eigenvalue weighted by molar-refractivity contribution is 6.03. The summed E-state index contributed by atoms with van der Waals surface area (Å²) in [4.78, 5) is 37.5. The molecule has 4 saturated carbocycles. The number of amides is 1. The molecule has 4 aliphatic carbocycles. The summed E-state index contributed by atoms with van der Waals surface area (Å²) in [6, 6.07) is 4.79. The van der Waals surface area contributed by atoms with Gasteiger partial charge in [0.15, 0.2) is 12.7 Å². The number of esters is 1. The van der Waals surface area contributed by atoms with Crippen LogP contribution in [0.2, 0.25) is 0 Å². The second kappa shape index (κ2) is 6.29. The number of aliphatic hydroxyl groups is 1. The van der Waals surface area contributed by atoms with Crippen LogP contribution >= 0.6 is 0 Å². The number of fused-ring (bicyclic) bond motifs is 1. The quantitative estimate of drug-likeness (QED) is 0.596. The zero-order valence-electron chi connectivity index (χ0n) is 16.4. The second-order valence-corrected chi connectivity index (χ2v) is 9.43. The molecular formula is C22H25NO6. The van der Waals surface area contributed by atoms with Gasteiger partial charge in [0.2, 0.25) is 5.78 Å². The van der Waals surface area contributed by atoms with Crippen LogP contribution < -0.4 is 10.1 Å². The van der Waals surface area contributed by atoms with Crippen molar-refractivity contribution in [2.24, 2.45) is 17.3 Å². The smallest absolute Gasteiger partial charge is 0.312 e. The molecule has 0 radical (unpaired) electrons. The van der Waals surface area contributed by atoms with Gasteiger partial charge in [-0.15, -0.1) is 0 Å². The first-order chi connectivity index (χ1) is 13.8. The van der Waals surface area contributed by atoms with Crippen LogP contribution in [-0.4, -0.2) is 41.1 Å². The van der Waals surface area contributed by atoms with E-state index in [1.807, 2.05) is 0 Å². The van der Waals surface area contributed by atoms with Gasteiger partial charge in [-0.05, 0) is 75.5 Å². The third kappa shape index (κ3) is 3.12. The number of hydrogen-bond donors (Lipinski definition) is 2. The van der Waals surface area contributed by atoms with E-state index in [-0.39, 0.29) is 24.3 Å². The number of carbonyl (C=O) groups is 3. The van der Waals surface area contributed by atoms with Crippen LogP contribution in [0.5, 0.6) is 5.75 Å². The number of carbonyl (C=O) groups excluding carboxylic acids is 3. The summed E-state index contributed by atoms with van der Waals surface area (Å²) in [5.74, 6) is 0.270. The maximum Gasteiger partial charge on any atom is 0.312 e. The Kier molecular flexibility index (Phi) is 4.04. The zero-order valence-corrected chi connectivity index (χ0v) is 16.4. The topological polar surface area (TPSA) is 102 Å². The molecule has 1 heterocycles. The molecule has 3 atom stereocenters. The SMILES string of the molecule is C[C@@H](OC(=O)C12C[C@H]3C[C@@H](CC(O)(C3)C1)C2)C(=O)c1ccc2c(c1)NC(=O)CO2. The first kappa shape index (κ1) is 18.6. The molecule has 4 fully saturated rings. The van der Waals surface area contributed by atoms with Crippen LogP contribution in [0, 0.1) is 17.3 Å². The van der Waals surface area contributed by atoms with Gasteiger partial charge in [0.05, 0.1) is 16.7 Å². The molecule has 6 rings (SSSR count). The molecule has 1 aromatic carbocycles. The summed E-state index contributed by atoms with van der Waals surface area (Å²) in [7, 11) is 0. The Morgan fingerprint density at radius 3 is 2.66 bits per heavy atom. The number of hydrogen-bond acceptors (Lipinski definition) is 6. The monoisotopic (exact) mass is 399 g/mol. The Morgan fingerprint density at radius 1 is 1.24 bits per heavy atom. The zero-order chi connectivity index (χ0) is 20.4. The molecule has 0 aromatic heterocycles. The highest BCUT2D eigenvalue weighted by atomic mass is 16.5. The van der Waals surface area contributed by atoms with Crippen LogP contribution in [-0.2, 0) is 14.3 Å². The van der Waals surface area contributed by atoms with Gasteiger partial charge in [0.1, 0.15) is 5.75 Å². The van der Waals surface area contributed by atoms with Gasteiger partial charge in [-0.25, -0.2) is 0 Å². The number of ether oxygens (including phenoxy) is 2. The van der Waals surface area contributed by atoms with E-state index in [9.17, 15) is 19.5 Å². The molecule has 7 heteroatoms. The Labute approximate surface area is 168 Å². The average Bonchev–Trinajstić information content (AvgIpc) is 2.64. The lowest BCUT2D eigenvalue weighted by molar-refractivity contribution is -0.197. The summed E-state index contributed by atoms with van der Waals surface area (Å²) in [5, 5.41) is 13.5. The van der Waals surface area contributed by atoms with Crippen molar-refractivity contribution in [3.05, 3.63) is 23.8 Å². The number of ketones is 1. The summed E-state index contributed by atoms with van der Waals surface area (Å²) in [6.45, 7) is 1.52. The van der Waals surface area contributed by atoms with Crippen molar-refractivity contribution < 1.29 is 29.0 Å². The van der Waals surface area contributed by atoms with E-state index in [0.29, 0.717) is 35.3 Å². The minimum absolute atomic E-state index is 0.0509. The molecule has 0 unspecified atom stereocenters. The number of Topliss-reactive ketones (excluding diaryl/α,β-unsaturated/α-hetero) is 1. The van der Waals surface area contributed by atoms with Crippen molar-refractivity contribution in [3.63, 3.8) is 0 Å². The highest BCUT2D eigenvalue weighted by Crippen LogP contribution is 2.62. The molecule has 0 spiro atoms. The standard InChI is InChI=1S/C22H25NO6/c1-12(19(25)15-2-3-17-16(5-15)23-18(24)10-28-17)29-20(26)21-6-13-4-14(7-21)9-22(27,8-13)11-21/h2-3,5,12-14,27H,4,6-11H2,1H3,(H,23,24)/t12-,13-,14-,21?,22?/m1/s1. The fourth-order valence-electron chi connectivity index (χ4n) is 6.26. The molecule has 4 bridgehead atoms. The predicted molar refractivity (Wildman–Crippen MR) is 103 cm³/mol. The normalized spacial score (nSPS) is 35.3. The molecule has 0 saturated heterocycles. The van der Waals surface area contributed by atoms with E-state index in [0.717, 1.165) is 32.1 Å². The third-order valence-electron chi connectivity index (χ3n) is 7.01. The maximum absolute atomic E-state index is 13.1. The molecule has 1 aromatic rings.